The first-order chi connectivity index (χ1) is 8.41. The van der Waals surface area contributed by atoms with Crippen LogP contribution in [-0.4, -0.2) is 12.0 Å². The second-order valence-corrected chi connectivity index (χ2v) is 4.09. The summed E-state index contributed by atoms with van der Waals surface area (Å²) in [6.45, 7) is 1.87. The highest BCUT2D eigenvalue weighted by Gasteiger charge is 2.33. The number of nitrogens with one attached hydrogen (secondary N) is 1. The van der Waals surface area contributed by atoms with Gasteiger partial charge in [0.1, 0.15) is 5.75 Å². The third-order valence-electron chi connectivity index (χ3n) is 2.68. The van der Waals surface area contributed by atoms with Crippen molar-refractivity contribution in [3.63, 3.8) is 0 Å². The molecule has 1 N–H and O–H groups in total. The van der Waals surface area contributed by atoms with Crippen LogP contribution >= 0.6 is 0 Å². The van der Waals surface area contributed by atoms with Gasteiger partial charge >= 0.3 is 6.18 Å². The molecular weight excluding hydrogens is 247 g/mol. The minimum absolute atomic E-state index is 0.0721. The molecule has 0 aliphatic carbocycles. The molecule has 1 aromatic carbocycles. The van der Waals surface area contributed by atoms with Gasteiger partial charge in [-0.2, -0.15) is 13.2 Å². The smallest absolute Gasteiger partial charge is 0.416 e. The fourth-order valence-electron chi connectivity index (χ4n) is 1.77. The fourth-order valence-corrected chi connectivity index (χ4v) is 1.77. The molecule has 18 heavy (non-hydrogen) atoms. The number of rotatable bonds is 2. The molecule has 0 spiro atoms. The van der Waals surface area contributed by atoms with E-state index in [4.69, 9.17) is 4.74 Å². The first-order valence-corrected chi connectivity index (χ1v) is 5.60. The lowest BCUT2D eigenvalue weighted by Gasteiger charge is -2.26. The van der Waals surface area contributed by atoms with Gasteiger partial charge in [-0.05, 0) is 24.6 Å². The van der Waals surface area contributed by atoms with E-state index in [1.807, 2.05) is 6.92 Å². The second kappa shape index (κ2) is 4.51. The number of hydrogen-bond donors (Lipinski definition) is 1. The average molecular weight is 259 g/mol. The standard InChI is InChI=1S/C12H12F3NO2/c1-2-3-9-11(17)16-8-5-4-7(12(13,14)15)6-10(8)18-9/h4-6,9H,2-3H2,1H3,(H,16,17). The molecule has 1 amide bonds. The molecule has 1 unspecified atom stereocenters. The summed E-state index contributed by atoms with van der Waals surface area (Å²) in [6.07, 6.45) is -3.94. The van der Waals surface area contributed by atoms with Crippen LogP contribution in [0.1, 0.15) is 25.3 Å². The number of carbonyl (C=O) groups excluding carboxylic acids is 1. The summed E-state index contributed by atoms with van der Waals surface area (Å²) >= 11 is 0. The number of benzene rings is 1. The van der Waals surface area contributed by atoms with Crippen molar-refractivity contribution in [1.82, 2.24) is 0 Å². The van der Waals surface area contributed by atoms with Crippen LogP contribution in [0.25, 0.3) is 0 Å². The van der Waals surface area contributed by atoms with E-state index in [1.165, 1.54) is 6.07 Å². The molecule has 2 rings (SSSR count). The maximum absolute atomic E-state index is 12.5. The van der Waals surface area contributed by atoms with Gasteiger partial charge in [0.05, 0.1) is 11.3 Å². The van der Waals surface area contributed by atoms with E-state index in [1.54, 1.807) is 0 Å². The molecule has 0 saturated heterocycles. The van der Waals surface area contributed by atoms with Crippen molar-refractivity contribution in [2.45, 2.75) is 32.0 Å². The summed E-state index contributed by atoms with van der Waals surface area (Å²) < 4.78 is 42.9. The Bertz CT molecular complexity index is 471. The number of alkyl halides is 3. The van der Waals surface area contributed by atoms with Crippen LogP contribution in [-0.2, 0) is 11.0 Å². The lowest BCUT2D eigenvalue weighted by Crippen LogP contribution is -2.36. The Morgan fingerprint density at radius 2 is 2.11 bits per heavy atom. The number of carbonyl (C=O) groups is 1. The third kappa shape index (κ3) is 2.42. The van der Waals surface area contributed by atoms with Gasteiger partial charge in [0.2, 0.25) is 0 Å². The molecular formula is C12H12F3NO2. The van der Waals surface area contributed by atoms with Crippen LogP contribution in [0.15, 0.2) is 18.2 Å². The Labute approximate surface area is 102 Å². The van der Waals surface area contributed by atoms with Gasteiger partial charge in [0, 0.05) is 0 Å². The third-order valence-corrected chi connectivity index (χ3v) is 2.68. The van der Waals surface area contributed by atoms with Crippen molar-refractivity contribution in [2.75, 3.05) is 5.32 Å². The molecule has 3 nitrogen and oxygen atoms in total. The molecule has 0 fully saturated rings. The number of fused-ring (bicyclic) bond motifs is 1. The van der Waals surface area contributed by atoms with E-state index in [2.05, 4.69) is 5.32 Å². The zero-order valence-corrected chi connectivity index (χ0v) is 9.67. The molecule has 6 heteroatoms. The van der Waals surface area contributed by atoms with Crippen LogP contribution in [0.4, 0.5) is 18.9 Å². The van der Waals surface area contributed by atoms with E-state index in [9.17, 15) is 18.0 Å². The Hall–Kier alpha value is -1.72. The van der Waals surface area contributed by atoms with Crippen molar-refractivity contribution in [1.29, 1.82) is 0 Å². The predicted octanol–water partition coefficient (Wildman–Crippen LogP) is 3.21. The number of ether oxygens (including phenoxy) is 1. The lowest BCUT2D eigenvalue weighted by molar-refractivity contribution is -0.137. The summed E-state index contributed by atoms with van der Waals surface area (Å²) in [6, 6.07) is 3.04. The maximum atomic E-state index is 12.5. The van der Waals surface area contributed by atoms with Gasteiger partial charge in [0.15, 0.2) is 6.10 Å². The van der Waals surface area contributed by atoms with Crippen LogP contribution in [0.2, 0.25) is 0 Å². The molecule has 0 saturated carbocycles. The van der Waals surface area contributed by atoms with E-state index in [0.29, 0.717) is 12.8 Å². The first-order valence-electron chi connectivity index (χ1n) is 5.60. The lowest BCUT2D eigenvalue weighted by atomic mass is 10.1. The molecule has 1 atom stereocenters. The second-order valence-electron chi connectivity index (χ2n) is 4.09. The summed E-state index contributed by atoms with van der Waals surface area (Å²) in [7, 11) is 0. The van der Waals surface area contributed by atoms with Crippen molar-refractivity contribution in [2.24, 2.45) is 0 Å². The number of hydrogen-bond acceptors (Lipinski definition) is 2. The van der Waals surface area contributed by atoms with E-state index >= 15 is 0 Å². The van der Waals surface area contributed by atoms with Crippen LogP contribution in [0.5, 0.6) is 5.75 Å². The molecule has 1 aromatic rings. The van der Waals surface area contributed by atoms with Crippen LogP contribution in [0, 0.1) is 0 Å². The molecule has 98 valence electrons. The van der Waals surface area contributed by atoms with Gasteiger partial charge in [-0.15, -0.1) is 0 Å². The van der Waals surface area contributed by atoms with Gasteiger partial charge in [0.25, 0.3) is 5.91 Å². The van der Waals surface area contributed by atoms with Gasteiger partial charge < -0.3 is 10.1 Å². The minimum atomic E-state index is -4.42. The Kier molecular flexibility index (Phi) is 3.19. The van der Waals surface area contributed by atoms with Crippen LogP contribution < -0.4 is 10.1 Å². The van der Waals surface area contributed by atoms with Gasteiger partial charge in [-0.1, -0.05) is 13.3 Å². The zero-order chi connectivity index (χ0) is 13.3. The zero-order valence-electron chi connectivity index (χ0n) is 9.67. The quantitative estimate of drug-likeness (QED) is 0.885. The van der Waals surface area contributed by atoms with Crippen molar-refractivity contribution < 1.29 is 22.7 Å². The predicted molar refractivity (Wildman–Crippen MR) is 59.4 cm³/mol. The summed E-state index contributed by atoms with van der Waals surface area (Å²) in [4.78, 5) is 11.6. The minimum Gasteiger partial charge on any atom is -0.478 e. The van der Waals surface area contributed by atoms with Crippen molar-refractivity contribution >= 4 is 11.6 Å². The molecule has 1 aliphatic heterocycles. The highest BCUT2D eigenvalue weighted by atomic mass is 19.4. The molecule has 0 bridgehead atoms. The number of halogens is 3. The van der Waals surface area contributed by atoms with E-state index in [0.717, 1.165) is 12.1 Å². The average Bonchev–Trinajstić information content (AvgIpc) is 2.28. The summed E-state index contributed by atoms with van der Waals surface area (Å²) in [5, 5.41) is 2.54. The first kappa shape index (κ1) is 12.7. The van der Waals surface area contributed by atoms with Gasteiger partial charge in [-0.3, -0.25) is 4.79 Å². The SMILES string of the molecule is CCCC1Oc2cc(C(F)(F)F)ccc2NC1=O. The number of amides is 1. The van der Waals surface area contributed by atoms with Crippen LogP contribution in [0.3, 0.4) is 0 Å². The van der Waals surface area contributed by atoms with Crippen molar-refractivity contribution in [3.05, 3.63) is 23.8 Å². The summed E-state index contributed by atoms with van der Waals surface area (Å²) in [5.41, 5.74) is -0.506. The molecule has 0 aromatic heterocycles. The maximum Gasteiger partial charge on any atom is 0.416 e. The van der Waals surface area contributed by atoms with E-state index < -0.39 is 17.8 Å². The molecule has 0 radical (unpaired) electrons. The van der Waals surface area contributed by atoms with Crippen molar-refractivity contribution in [3.8, 4) is 5.75 Å². The fraction of sp³-hybridized carbons (Fsp3) is 0.417. The highest BCUT2D eigenvalue weighted by Crippen LogP contribution is 2.37. The number of anilines is 1. The van der Waals surface area contributed by atoms with Gasteiger partial charge in [-0.25, -0.2) is 0 Å². The molecule has 1 heterocycles. The summed E-state index contributed by atoms with van der Waals surface area (Å²) in [5.74, 6) is -0.244. The van der Waals surface area contributed by atoms with E-state index in [-0.39, 0.29) is 17.3 Å². The largest absolute Gasteiger partial charge is 0.478 e. The normalized spacial score (nSPS) is 18.9. The Morgan fingerprint density at radius 3 is 2.72 bits per heavy atom. The topological polar surface area (TPSA) is 38.3 Å². The monoisotopic (exact) mass is 259 g/mol. The Morgan fingerprint density at radius 1 is 1.39 bits per heavy atom. The highest BCUT2D eigenvalue weighted by molar-refractivity contribution is 5.97. The Balaban J connectivity index is 2.31. The molecule has 1 aliphatic rings.